The number of piperidine rings is 6. The number of imidazole rings is 3. The highest BCUT2D eigenvalue weighted by Gasteiger charge is 2.60. The monoisotopic (exact) mass is 1520 g/mol. The number of H-pyrrole nitrogens is 1. The van der Waals surface area contributed by atoms with E-state index in [1.165, 1.54) is 25.7 Å². The number of hydrogen-bond donors (Lipinski definition) is 6. The molecule has 37 heteroatoms. The molecule has 6 bridgehead atoms. The average molecular weight is 1520 g/mol. The first kappa shape index (κ1) is 79.4. The van der Waals surface area contributed by atoms with Gasteiger partial charge in [-0.05, 0) is 109 Å². The van der Waals surface area contributed by atoms with Crippen molar-refractivity contribution in [3.8, 4) is 80.4 Å². The summed E-state index contributed by atoms with van der Waals surface area (Å²) in [5.74, 6) is 1.06. The van der Waals surface area contributed by atoms with Gasteiger partial charge in [0, 0.05) is 147 Å². The van der Waals surface area contributed by atoms with E-state index in [4.69, 9.17) is 44.8 Å². The lowest BCUT2D eigenvalue weighted by Crippen LogP contribution is -3.30. The van der Waals surface area contributed by atoms with Gasteiger partial charge in [0.25, 0.3) is 0 Å². The topological polar surface area (TPSA) is 337 Å². The second-order valence-electron chi connectivity index (χ2n) is 28.3. The molecule has 13 atom stereocenters. The zero-order chi connectivity index (χ0) is 74.9. The fraction of sp³-hybridized carbons (Fsp3) is 0.486. The van der Waals surface area contributed by atoms with E-state index in [0.29, 0.717) is 88.8 Å². The fourth-order valence-corrected chi connectivity index (χ4v) is 16.7. The van der Waals surface area contributed by atoms with Crippen LogP contribution in [-0.2, 0) is 9.47 Å². The van der Waals surface area contributed by atoms with Crippen molar-refractivity contribution in [2.24, 2.45) is 0 Å². The molecule has 0 amide bonds. The number of phenolic OH excluding ortho intramolecular Hbond substituents is 1. The lowest BCUT2D eigenvalue weighted by Gasteiger charge is -2.57. The molecule has 6 N–H and O–H groups in total. The first-order valence-electron chi connectivity index (χ1n) is 35.5. The van der Waals surface area contributed by atoms with Gasteiger partial charge in [-0.2, -0.15) is 0 Å². The fourth-order valence-electron chi connectivity index (χ4n) is 16.5. The van der Waals surface area contributed by atoms with Crippen molar-refractivity contribution in [3.05, 3.63) is 134 Å². The number of hydrogen-bond acceptors (Lipinski definition) is 25. The van der Waals surface area contributed by atoms with Crippen molar-refractivity contribution >= 4 is 45.2 Å². The van der Waals surface area contributed by atoms with Crippen LogP contribution in [0.25, 0.3) is 45.1 Å². The van der Waals surface area contributed by atoms with Crippen LogP contribution in [0.5, 0.6) is 35.3 Å². The highest BCUT2D eigenvalue weighted by atomic mass is 35.5. The molecule has 0 radical (unpaired) electrons. The number of phenols is 1. The van der Waals surface area contributed by atoms with Gasteiger partial charge in [0.15, 0.2) is 32.1 Å². The maximum absolute atomic E-state index is 15.5. The van der Waals surface area contributed by atoms with Gasteiger partial charge >= 0.3 is 39.2 Å². The number of halogens is 5. The van der Waals surface area contributed by atoms with Crippen molar-refractivity contribution in [3.63, 3.8) is 0 Å². The third kappa shape index (κ3) is 18.1. The Morgan fingerprint density at radius 1 is 0.579 bits per heavy atom. The second kappa shape index (κ2) is 35.2. The Kier molecular flexibility index (Phi) is 26.1. The van der Waals surface area contributed by atoms with Gasteiger partial charge in [-0.3, -0.25) is 0 Å². The molecule has 6 aromatic heterocycles. The molecule has 6 aliphatic rings. The van der Waals surface area contributed by atoms with E-state index in [-0.39, 0.29) is 72.4 Å². The molecule has 6 aliphatic heterocycles. The van der Waals surface area contributed by atoms with Crippen molar-refractivity contribution < 1.29 is 71.3 Å². The summed E-state index contributed by atoms with van der Waals surface area (Å²) >= 11 is 6.06. The van der Waals surface area contributed by atoms with E-state index in [9.17, 15) is 20.2 Å². The van der Waals surface area contributed by atoms with Gasteiger partial charge in [-0.25, -0.2) is 43.1 Å². The third-order valence-corrected chi connectivity index (χ3v) is 21.1. The molecule has 6 saturated heterocycles. The molecule has 12 heterocycles. The number of rotatable bonds is 20. The Labute approximate surface area is 630 Å². The molecular formula is C70H89B3Cl2F3N18O11+. The predicted molar refractivity (Wildman–Crippen MR) is 394 cm³/mol. The highest BCUT2D eigenvalue weighted by Crippen LogP contribution is 2.47. The quantitative estimate of drug-likeness (QED) is 0.0308. The number of nitrogens with zero attached hydrogens (tertiary/aromatic N) is 16. The molecule has 0 aliphatic carbocycles. The number of benzene rings is 3. The normalized spacial score (nSPS) is 26.3. The second-order valence-corrected chi connectivity index (χ2v) is 28.7. The molecule has 6 fully saturated rings. The molecule has 3 aromatic carbocycles. The molecule has 0 saturated carbocycles. The van der Waals surface area contributed by atoms with Crippen LogP contribution in [0.15, 0.2) is 129 Å². The van der Waals surface area contributed by atoms with Gasteiger partial charge in [0.2, 0.25) is 0 Å². The minimum absolute atomic E-state index is 0. The van der Waals surface area contributed by atoms with E-state index in [2.05, 4.69) is 86.3 Å². The van der Waals surface area contributed by atoms with Crippen LogP contribution in [0.1, 0.15) is 97.8 Å². The minimum Gasteiger partial charge on any atom is -0.507 e. The number of aromatic amines is 1. The average Bonchev–Trinajstić information content (AvgIpc) is 1.10. The predicted octanol–water partition coefficient (Wildman–Crippen LogP) is 8.36. The van der Waals surface area contributed by atoms with Crippen LogP contribution < -0.4 is 28.5 Å². The summed E-state index contributed by atoms with van der Waals surface area (Å²) in [5.41, 5.74) is 3.80. The van der Waals surface area contributed by atoms with Gasteiger partial charge in [-0.1, -0.05) is 39.7 Å². The van der Waals surface area contributed by atoms with E-state index >= 15 is 13.2 Å². The molecule has 107 heavy (non-hydrogen) atoms. The molecule has 568 valence electrons. The van der Waals surface area contributed by atoms with Crippen molar-refractivity contribution in [2.45, 2.75) is 190 Å². The standard InChI is InChI=1S/C24H30BFN6O4.C22H26BFN6O3.C21H27BClFN4O4.C3H4N2.ClH/c1-24-8-4-5-19(32(24)25(2)33)22(26)21(12-24)36-23-28-13-18(29-30-23)17-7-6-16(31-10-9-27-14-31)11-20(17)35-15-34-3;1-22-7-3-4-17(30(22)23(2)32)20(24)19(11-22)33-21-26-12-16(27-28-21)15-6-5-14(10-18(15)31)29-9-8-25-13-29;1-21-8-4-5-16(28(21)22(2)29)19(24)18(10-21)32-20-25-11-15(26-27-20)14-7-6-13(23)9-17(14)31-12-30-3;1-2-5-3-4-1;/h6-7,9-11,13-14,19,21-22,33H,4-5,8,12,15H2,1-3H3;5-6,8-10,12-13,17,19-20,31-32H,3-4,7,11H2,1-2H3;6-7,9,11,16,18-19,29H,4-5,8,10,12H2,1-3H3;1-3H,(H,4,5);1H/p+1/t19-,21+,22-,24+;17-,19+,20-,22+;16-,18+,19-,21+;;/m111../s1. The summed E-state index contributed by atoms with van der Waals surface area (Å²) in [7, 11) is 1.01. The molecule has 9 aromatic rings. The minimum atomic E-state index is -1.26. The largest absolute Gasteiger partial charge is 0.567 e. The Morgan fingerprint density at radius 2 is 1.05 bits per heavy atom. The maximum atomic E-state index is 15.5. The lowest BCUT2D eigenvalue weighted by molar-refractivity contribution is -0.901. The molecule has 0 spiro atoms. The van der Waals surface area contributed by atoms with Gasteiger partial charge in [-0.15, -0.1) is 27.7 Å². The number of methoxy groups -OCH3 is 2. The number of aromatic hydroxyl groups is 1. The summed E-state index contributed by atoms with van der Waals surface area (Å²) in [6.45, 7) is 11.4. The van der Waals surface area contributed by atoms with E-state index < -0.39 is 70.1 Å². The number of aromatic nitrogens is 15. The number of ether oxygens (including phenoxy) is 7. The zero-order valence-corrected chi connectivity index (χ0v) is 62.2. The number of quaternary nitrogens is 1. The van der Waals surface area contributed by atoms with E-state index in [1.54, 1.807) is 112 Å². The smallest absolute Gasteiger partial charge is 0.507 e. The first-order chi connectivity index (χ1) is 51.1. The van der Waals surface area contributed by atoms with Gasteiger partial charge < -0.3 is 81.9 Å². The first-order valence-corrected chi connectivity index (χ1v) is 35.9. The lowest BCUT2D eigenvalue weighted by atomic mass is 9.65. The Hall–Kier alpha value is -8.64. The number of alkyl halides is 3. The third-order valence-electron chi connectivity index (χ3n) is 20.9. The van der Waals surface area contributed by atoms with Crippen LogP contribution in [0, 0.1) is 0 Å². The van der Waals surface area contributed by atoms with E-state index in [1.807, 2.05) is 44.7 Å². The Bertz CT molecular complexity index is 4260. The SMILES string of the molecule is CB(O)[NH+]1[C@@H]2CCC[C@@]1(C)C[C@H](Oc1ncc(-c3ccc(-n4ccnc4)cc3O)nn1)[C@@H]2F.COCOc1cc(-n2ccnc2)ccc1-c1cnc(O[C@H]2C[C@]3(C)CCC[C@H]([C@H]2F)N3B(C)O)nn1.COCOc1cc(Cl)ccc1-c1cnc(O[C@H]2C[C@]3(C)CCC[C@H]([C@H]2F)N3B(C)O)nn1.Cl.c1c[nH]cn1. The molecule has 15 rings (SSSR count). The van der Waals surface area contributed by atoms with Crippen LogP contribution in [0.3, 0.4) is 0 Å². The van der Waals surface area contributed by atoms with Crippen LogP contribution >= 0.6 is 24.0 Å². The summed E-state index contributed by atoms with van der Waals surface area (Å²) in [4.78, 5) is 32.0. The summed E-state index contributed by atoms with van der Waals surface area (Å²) in [6, 6.07) is 14.8. The highest BCUT2D eigenvalue weighted by molar-refractivity contribution is 6.46. The summed E-state index contributed by atoms with van der Waals surface area (Å²) in [5, 5.41) is 66.6. The molecule has 29 nitrogen and oxygen atoms in total. The van der Waals surface area contributed by atoms with Gasteiger partial charge in [0.1, 0.15) is 58.7 Å². The van der Waals surface area contributed by atoms with Crippen LogP contribution in [0.2, 0.25) is 25.5 Å². The number of fused-ring (bicyclic) bond motifs is 6. The van der Waals surface area contributed by atoms with Crippen LogP contribution in [-0.4, -0.2) is 225 Å². The van der Waals surface area contributed by atoms with Gasteiger partial charge in [0.05, 0.1) is 54.5 Å². The Balaban J connectivity index is 0.000000154. The van der Waals surface area contributed by atoms with Crippen molar-refractivity contribution in [1.29, 1.82) is 0 Å². The molecular weight excluding hydrogens is 1430 g/mol. The van der Waals surface area contributed by atoms with E-state index in [0.717, 1.165) is 54.7 Å². The van der Waals surface area contributed by atoms with Crippen molar-refractivity contribution in [2.75, 3.05) is 27.8 Å². The maximum Gasteiger partial charge on any atom is 0.567 e. The summed E-state index contributed by atoms with van der Waals surface area (Å²) in [6.07, 6.45) is 22.9. The Morgan fingerprint density at radius 3 is 1.47 bits per heavy atom. The summed E-state index contributed by atoms with van der Waals surface area (Å²) < 4.78 is 88.8. The zero-order valence-electron chi connectivity index (χ0n) is 60.7. The van der Waals surface area contributed by atoms with Crippen LogP contribution in [0.4, 0.5) is 13.2 Å². The number of nitrogens with one attached hydrogen (secondary N) is 2. The molecule has 1 unspecified atom stereocenters. The van der Waals surface area contributed by atoms with Crippen molar-refractivity contribution in [1.82, 2.24) is 84.2 Å².